The van der Waals surface area contributed by atoms with E-state index in [0.717, 1.165) is 41.3 Å². The number of aromatic nitrogens is 2. The molecule has 0 saturated carbocycles. The number of hydrogen-bond acceptors (Lipinski definition) is 7. The number of piperazine rings is 1. The van der Waals surface area contributed by atoms with E-state index in [0.29, 0.717) is 38.7 Å². The fraction of sp³-hybridized carbons (Fsp3) is 0.409. The molecule has 158 valence electrons. The van der Waals surface area contributed by atoms with Gasteiger partial charge in [-0.15, -0.1) is 0 Å². The lowest BCUT2D eigenvalue weighted by Gasteiger charge is -2.35. The zero-order valence-electron chi connectivity index (χ0n) is 17.5. The van der Waals surface area contributed by atoms with Crippen LogP contribution in [0.25, 0.3) is 0 Å². The second-order valence-corrected chi connectivity index (χ2v) is 7.73. The number of ether oxygens (including phenoxy) is 1. The SMILES string of the molecule is C=CC(=O)N1CCN(c2nc(OC)nc3c2CN(Cc2cc(O)ccc2C)C3)CC1. The average Bonchev–Trinajstić information content (AvgIpc) is 3.17. The Bertz CT molecular complexity index is 969. The van der Waals surface area contributed by atoms with Gasteiger partial charge in [-0.25, -0.2) is 0 Å². The number of amides is 1. The Hall–Kier alpha value is -3.13. The van der Waals surface area contributed by atoms with Crippen molar-refractivity contribution in [3.05, 3.63) is 53.2 Å². The van der Waals surface area contributed by atoms with E-state index in [-0.39, 0.29) is 11.7 Å². The van der Waals surface area contributed by atoms with Crippen molar-refractivity contribution in [2.75, 3.05) is 38.2 Å². The lowest BCUT2D eigenvalue weighted by atomic mass is 10.1. The second kappa shape index (κ2) is 8.31. The average molecular weight is 409 g/mol. The van der Waals surface area contributed by atoms with Gasteiger partial charge in [-0.2, -0.15) is 9.97 Å². The van der Waals surface area contributed by atoms with Crippen molar-refractivity contribution in [3.8, 4) is 11.8 Å². The van der Waals surface area contributed by atoms with Crippen molar-refractivity contribution in [2.45, 2.75) is 26.6 Å². The molecule has 0 aliphatic carbocycles. The zero-order valence-corrected chi connectivity index (χ0v) is 17.5. The van der Waals surface area contributed by atoms with Crippen molar-refractivity contribution in [3.63, 3.8) is 0 Å². The Balaban J connectivity index is 1.54. The summed E-state index contributed by atoms with van der Waals surface area (Å²) in [5.74, 6) is 1.13. The normalized spacial score (nSPS) is 16.5. The number of phenols is 1. The molecule has 2 aromatic rings. The monoisotopic (exact) mass is 409 g/mol. The predicted molar refractivity (Wildman–Crippen MR) is 113 cm³/mol. The summed E-state index contributed by atoms with van der Waals surface area (Å²) < 4.78 is 5.36. The number of carbonyl (C=O) groups is 1. The molecule has 0 unspecified atom stereocenters. The van der Waals surface area contributed by atoms with Crippen LogP contribution >= 0.6 is 0 Å². The first-order chi connectivity index (χ1) is 14.5. The van der Waals surface area contributed by atoms with E-state index < -0.39 is 0 Å². The van der Waals surface area contributed by atoms with Gasteiger partial charge in [-0.3, -0.25) is 9.69 Å². The Labute approximate surface area is 176 Å². The molecule has 0 radical (unpaired) electrons. The summed E-state index contributed by atoms with van der Waals surface area (Å²) >= 11 is 0. The molecule has 2 aliphatic rings. The van der Waals surface area contributed by atoms with Crippen LogP contribution in [0.3, 0.4) is 0 Å². The van der Waals surface area contributed by atoms with Crippen molar-refractivity contribution < 1.29 is 14.6 Å². The van der Waals surface area contributed by atoms with Crippen LogP contribution in [-0.4, -0.2) is 64.1 Å². The highest BCUT2D eigenvalue weighted by Crippen LogP contribution is 2.33. The number of aromatic hydroxyl groups is 1. The molecule has 0 bridgehead atoms. The number of hydrogen-bond donors (Lipinski definition) is 1. The summed E-state index contributed by atoms with van der Waals surface area (Å²) in [4.78, 5) is 27.4. The standard InChI is InChI=1S/C22H27N5O3/c1-4-20(29)26-7-9-27(10-8-26)21-18-13-25(14-19(18)23-22(24-21)30-3)12-16-11-17(28)6-5-15(16)2/h4-6,11,28H,1,7-10,12-14H2,2-3H3. The van der Waals surface area contributed by atoms with Crippen LogP contribution in [-0.2, 0) is 24.4 Å². The van der Waals surface area contributed by atoms with E-state index in [9.17, 15) is 9.90 Å². The van der Waals surface area contributed by atoms with Crippen LogP contribution in [0.15, 0.2) is 30.9 Å². The molecule has 1 aromatic heterocycles. The summed E-state index contributed by atoms with van der Waals surface area (Å²) in [5.41, 5.74) is 4.33. The maximum Gasteiger partial charge on any atom is 0.318 e. The number of rotatable bonds is 5. The highest BCUT2D eigenvalue weighted by Gasteiger charge is 2.30. The molecule has 1 fully saturated rings. The largest absolute Gasteiger partial charge is 0.508 e. The molecule has 1 aromatic carbocycles. The third kappa shape index (κ3) is 3.95. The summed E-state index contributed by atoms with van der Waals surface area (Å²) in [5, 5.41) is 9.85. The molecule has 3 heterocycles. The number of benzene rings is 1. The van der Waals surface area contributed by atoms with Crippen LogP contribution in [0.1, 0.15) is 22.4 Å². The molecule has 4 rings (SSSR count). The zero-order chi connectivity index (χ0) is 21.3. The fourth-order valence-electron chi connectivity index (χ4n) is 4.08. The van der Waals surface area contributed by atoms with Gasteiger partial charge >= 0.3 is 6.01 Å². The first kappa shape index (κ1) is 20.2. The molecule has 8 nitrogen and oxygen atoms in total. The molecule has 2 aliphatic heterocycles. The van der Waals surface area contributed by atoms with E-state index in [4.69, 9.17) is 4.74 Å². The number of aryl methyl sites for hydroxylation is 1. The topological polar surface area (TPSA) is 82.0 Å². The molecular formula is C22H27N5O3. The summed E-state index contributed by atoms with van der Waals surface area (Å²) in [6, 6.07) is 5.83. The van der Waals surface area contributed by atoms with Crippen molar-refractivity contribution in [1.82, 2.24) is 19.8 Å². The minimum Gasteiger partial charge on any atom is -0.508 e. The van der Waals surface area contributed by atoms with Gasteiger partial charge in [0, 0.05) is 51.4 Å². The quantitative estimate of drug-likeness (QED) is 0.755. The number of phenolic OH excluding ortho intramolecular Hbond substituents is 1. The van der Waals surface area contributed by atoms with Gasteiger partial charge in [0.1, 0.15) is 11.6 Å². The highest BCUT2D eigenvalue weighted by molar-refractivity contribution is 5.87. The number of fused-ring (bicyclic) bond motifs is 1. The summed E-state index contributed by atoms with van der Waals surface area (Å²) in [6.45, 7) is 10.5. The summed E-state index contributed by atoms with van der Waals surface area (Å²) in [6.07, 6.45) is 1.36. The molecule has 1 saturated heterocycles. The van der Waals surface area contributed by atoms with Crippen LogP contribution in [0.2, 0.25) is 0 Å². The molecule has 1 amide bonds. The Kier molecular flexibility index (Phi) is 5.59. The summed E-state index contributed by atoms with van der Waals surface area (Å²) in [7, 11) is 1.58. The maximum atomic E-state index is 11.9. The molecular weight excluding hydrogens is 382 g/mol. The van der Waals surface area contributed by atoms with Crippen LogP contribution < -0.4 is 9.64 Å². The fourth-order valence-corrected chi connectivity index (χ4v) is 4.08. The smallest absolute Gasteiger partial charge is 0.318 e. The lowest BCUT2D eigenvalue weighted by Crippen LogP contribution is -2.48. The number of nitrogens with zero attached hydrogens (tertiary/aromatic N) is 5. The predicted octanol–water partition coefficient (Wildman–Crippen LogP) is 1.85. The first-order valence-electron chi connectivity index (χ1n) is 10.1. The molecule has 30 heavy (non-hydrogen) atoms. The van der Waals surface area contributed by atoms with Crippen molar-refractivity contribution in [1.29, 1.82) is 0 Å². The van der Waals surface area contributed by atoms with E-state index in [2.05, 4.69) is 33.3 Å². The minimum atomic E-state index is -0.0344. The van der Waals surface area contributed by atoms with E-state index in [1.54, 1.807) is 18.1 Å². The van der Waals surface area contributed by atoms with Crippen molar-refractivity contribution in [2.24, 2.45) is 0 Å². The van der Waals surface area contributed by atoms with Crippen LogP contribution in [0, 0.1) is 6.92 Å². The van der Waals surface area contributed by atoms with E-state index in [1.165, 1.54) is 6.08 Å². The Morgan fingerprint density at radius 3 is 2.70 bits per heavy atom. The van der Waals surface area contributed by atoms with E-state index in [1.807, 2.05) is 12.1 Å². The lowest BCUT2D eigenvalue weighted by molar-refractivity contribution is -0.126. The number of anilines is 1. The number of carbonyl (C=O) groups excluding carboxylic acids is 1. The molecule has 0 spiro atoms. The van der Waals surface area contributed by atoms with Gasteiger partial charge in [0.25, 0.3) is 0 Å². The van der Waals surface area contributed by atoms with Gasteiger partial charge in [0.15, 0.2) is 0 Å². The number of methoxy groups -OCH3 is 1. The molecule has 8 heteroatoms. The van der Waals surface area contributed by atoms with Crippen LogP contribution in [0.4, 0.5) is 5.82 Å². The molecule has 1 N–H and O–H groups in total. The van der Waals surface area contributed by atoms with Gasteiger partial charge < -0.3 is 19.6 Å². The third-order valence-electron chi connectivity index (χ3n) is 5.78. The Morgan fingerprint density at radius 1 is 1.23 bits per heavy atom. The van der Waals surface area contributed by atoms with Crippen molar-refractivity contribution >= 4 is 11.7 Å². The maximum absolute atomic E-state index is 11.9. The minimum absolute atomic E-state index is 0.0344. The van der Waals surface area contributed by atoms with Crippen LogP contribution in [0.5, 0.6) is 11.8 Å². The Morgan fingerprint density at radius 2 is 2.00 bits per heavy atom. The first-order valence-corrected chi connectivity index (χ1v) is 10.1. The van der Waals surface area contributed by atoms with Gasteiger partial charge in [-0.1, -0.05) is 12.6 Å². The van der Waals surface area contributed by atoms with Gasteiger partial charge in [-0.05, 0) is 36.3 Å². The van der Waals surface area contributed by atoms with Gasteiger partial charge in [0.2, 0.25) is 5.91 Å². The third-order valence-corrected chi connectivity index (χ3v) is 5.78. The highest BCUT2D eigenvalue weighted by atomic mass is 16.5. The molecule has 0 atom stereocenters. The van der Waals surface area contributed by atoms with E-state index >= 15 is 0 Å². The second-order valence-electron chi connectivity index (χ2n) is 7.73. The van der Waals surface area contributed by atoms with Gasteiger partial charge in [0.05, 0.1) is 12.8 Å².